The van der Waals surface area contributed by atoms with Gasteiger partial charge in [0.25, 0.3) is 5.91 Å². The predicted molar refractivity (Wildman–Crippen MR) is 107 cm³/mol. The molecule has 1 atom stereocenters. The fourth-order valence-corrected chi connectivity index (χ4v) is 2.78. The van der Waals surface area contributed by atoms with Gasteiger partial charge < -0.3 is 10.6 Å². The van der Waals surface area contributed by atoms with Crippen LogP contribution in [-0.4, -0.2) is 37.6 Å². The number of aryl methyl sites for hydroxylation is 2. The number of amides is 1. The number of nitrogens with one attached hydrogen (secondary N) is 3. The minimum Gasteiger partial charge on any atom is -0.369 e. The molecular formula is C20H25N7O. The molecule has 0 fully saturated rings. The first-order valence-electron chi connectivity index (χ1n) is 9.25. The topological polar surface area (TPSA) is 108 Å². The van der Waals surface area contributed by atoms with E-state index in [2.05, 4.69) is 35.8 Å². The van der Waals surface area contributed by atoms with Gasteiger partial charge in [0, 0.05) is 29.7 Å². The average Bonchev–Trinajstić information content (AvgIpc) is 3.18. The van der Waals surface area contributed by atoms with Crippen LogP contribution in [0.3, 0.4) is 0 Å². The highest BCUT2D eigenvalue weighted by molar-refractivity contribution is 5.91. The van der Waals surface area contributed by atoms with Gasteiger partial charge in [-0.3, -0.25) is 14.9 Å². The van der Waals surface area contributed by atoms with Crippen molar-refractivity contribution in [1.82, 2.24) is 30.5 Å². The molecule has 0 spiro atoms. The minimum absolute atomic E-state index is 0.147. The van der Waals surface area contributed by atoms with E-state index in [1.165, 1.54) is 0 Å². The van der Waals surface area contributed by atoms with Gasteiger partial charge in [-0.05, 0) is 51.8 Å². The third kappa shape index (κ3) is 4.70. The van der Waals surface area contributed by atoms with E-state index in [4.69, 9.17) is 0 Å². The first-order valence-corrected chi connectivity index (χ1v) is 9.25. The van der Waals surface area contributed by atoms with Crippen LogP contribution in [0.4, 0.5) is 5.82 Å². The second kappa shape index (κ2) is 8.60. The number of aromatic nitrogens is 5. The average molecular weight is 379 g/mol. The third-order valence-corrected chi connectivity index (χ3v) is 4.55. The maximum atomic E-state index is 12.7. The lowest BCUT2D eigenvalue weighted by Gasteiger charge is -2.15. The van der Waals surface area contributed by atoms with Crippen molar-refractivity contribution >= 4 is 11.7 Å². The zero-order chi connectivity index (χ0) is 20.1. The summed E-state index contributed by atoms with van der Waals surface area (Å²) in [5, 5.41) is 13.0. The Bertz CT molecular complexity index is 953. The molecule has 0 aliphatic carbocycles. The van der Waals surface area contributed by atoms with Gasteiger partial charge in [-0.2, -0.15) is 5.10 Å². The highest BCUT2D eigenvalue weighted by atomic mass is 16.2. The van der Waals surface area contributed by atoms with E-state index in [0.717, 1.165) is 34.6 Å². The molecule has 3 heterocycles. The van der Waals surface area contributed by atoms with Gasteiger partial charge in [0.15, 0.2) is 0 Å². The highest BCUT2D eigenvalue weighted by Crippen LogP contribution is 2.16. The monoisotopic (exact) mass is 379 g/mol. The third-order valence-electron chi connectivity index (χ3n) is 4.55. The van der Waals surface area contributed by atoms with Gasteiger partial charge in [-0.15, -0.1) is 0 Å². The smallest absolute Gasteiger partial charge is 0.289 e. The molecule has 0 bridgehead atoms. The maximum absolute atomic E-state index is 12.7. The first-order chi connectivity index (χ1) is 13.4. The van der Waals surface area contributed by atoms with E-state index in [-0.39, 0.29) is 17.8 Å². The number of anilines is 1. The molecule has 3 aromatic rings. The Kier molecular flexibility index (Phi) is 5.98. The SMILES string of the molecule is Cc1cccc([C@@H](C)NC(=O)c2nc(C)c(C)c(NCCc3cn[nH]c3)n2)n1. The molecule has 28 heavy (non-hydrogen) atoms. The van der Waals surface area contributed by atoms with Gasteiger partial charge in [-0.25, -0.2) is 9.97 Å². The standard InChI is InChI=1S/C20H25N7O/c1-12-6-5-7-17(24-12)15(4)26-20(28)19-25-14(3)13(2)18(27-19)21-9-8-16-10-22-23-11-16/h5-7,10-11,15H,8-9H2,1-4H3,(H,22,23)(H,26,28)(H,21,25,27)/t15-/m1/s1. The minimum atomic E-state index is -0.322. The Morgan fingerprint density at radius 2 is 2.00 bits per heavy atom. The molecule has 0 aliphatic heterocycles. The van der Waals surface area contributed by atoms with Crippen molar-refractivity contribution in [3.8, 4) is 0 Å². The van der Waals surface area contributed by atoms with Crippen LogP contribution in [0.2, 0.25) is 0 Å². The largest absolute Gasteiger partial charge is 0.369 e. The van der Waals surface area contributed by atoms with E-state index < -0.39 is 0 Å². The zero-order valence-electron chi connectivity index (χ0n) is 16.6. The lowest BCUT2D eigenvalue weighted by atomic mass is 10.2. The van der Waals surface area contributed by atoms with Crippen molar-refractivity contribution in [3.63, 3.8) is 0 Å². The fraction of sp³-hybridized carbons (Fsp3) is 0.350. The van der Waals surface area contributed by atoms with Crippen molar-refractivity contribution in [3.05, 3.63) is 64.6 Å². The Morgan fingerprint density at radius 1 is 1.18 bits per heavy atom. The number of H-pyrrole nitrogens is 1. The molecule has 8 heteroatoms. The van der Waals surface area contributed by atoms with Crippen molar-refractivity contribution < 1.29 is 4.79 Å². The van der Waals surface area contributed by atoms with Gasteiger partial charge in [0.2, 0.25) is 5.82 Å². The Hall–Kier alpha value is -3.29. The highest BCUT2D eigenvalue weighted by Gasteiger charge is 2.17. The van der Waals surface area contributed by atoms with Crippen LogP contribution in [0, 0.1) is 20.8 Å². The normalized spacial score (nSPS) is 11.9. The summed E-state index contributed by atoms with van der Waals surface area (Å²) < 4.78 is 0. The van der Waals surface area contributed by atoms with Crippen LogP contribution in [0.15, 0.2) is 30.6 Å². The number of carbonyl (C=O) groups excluding carboxylic acids is 1. The van der Waals surface area contributed by atoms with Gasteiger partial charge in [0.1, 0.15) is 5.82 Å². The van der Waals surface area contributed by atoms with E-state index in [1.54, 1.807) is 6.20 Å². The molecule has 0 radical (unpaired) electrons. The van der Waals surface area contributed by atoms with Gasteiger partial charge in [0.05, 0.1) is 17.9 Å². The van der Waals surface area contributed by atoms with Crippen molar-refractivity contribution in [1.29, 1.82) is 0 Å². The number of pyridine rings is 1. The van der Waals surface area contributed by atoms with E-state index in [1.807, 2.05) is 52.1 Å². The summed E-state index contributed by atoms with van der Waals surface area (Å²) in [5.74, 6) is 0.493. The van der Waals surface area contributed by atoms with Crippen LogP contribution in [0.1, 0.15) is 51.8 Å². The number of hydrogen-bond acceptors (Lipinski definition) is 6. The van der Waals surface area contributed by atoms with E-state index in [9.17, 15) is 4.79 Å². The van der Waals surface area contributed by atoms with Crippen molar-refractivity contribution in [2.24, 2.45) is 0 Å². The zero-order valence-corrected chi connectivity index (χ0v) is 16.6. The summed E-state index contributed by atoms with van der Waals surface area (Å²) >= 11 is 0. The maximum Gasteiger partial charge on any atom is 0.289 e. The number of hydrogen-bond donors (Lipinski definition) is 3. The molecule has 3 aromatic heterocycles. The molecule has 1 amide bonds. The predicted octanol–water partition coefficient (Wildman–Crippen LogP) is 2.67. The molecular weight excluding hydrogens is 354 g/mol. The molecule has 0 saturated heterocycles. The summed E-state index contributed by atoms with van der Waals surface area (Å²) in [5.41, 5.74) is 4.51. The molecule has 0 aromatic carbocycles. The van der Waals surface area contributed by atoms with Crippen molar-refractivity contribution in [2.45, 2.75) is 40.2 Å². The fourth-order valence-electron chi connectivity index (χ4n) is 2.78. The van der Waals surface area contributed by atoms with Crippen LogP contribution in [0.25, 0.3) is 0 Å². The van der Waals surface area contributed by atoms with Crippen LogP contribution < -0.4 is 10.6 Å². The Balaban J connectivity index is 1.70. The Morgan fingerprint density at radius 3 is 2.71 bits per heavy atom. The second-order valence-corrected chi connectivity index (χ2v) is 6.79. The lowest BCUT2D eigenvalue weighted by molar-refractivity contribution is 0.0928. The molecule has 0 unspecified atom stereocenters. The summed E-state index contributed by atoms with van der Waals surface area (Å²) in [6.45, 7) is 8.31. The summed E-state index contributed by atoms with van der Waals surface area (Å²) in [6.07, 6.45) is 4.45. The van der Waals surface area contributed by atoms with Crippen LogP contribution in [0.5, 0.6) is 0 Å². The summed E-state index contributed by atoms with van der Waals surface area (Å²) in [4.78, 5) is 25.9. The number of aromatic amines is 1. The van der Waals surface area contributed by atoms with Crippen LogP contribution >= 0.6 is 0 Å². The summed E-state index contributed by atoms with van der Waals surface area (Å²) in [7, 11) is 0. The van der Waals surface area contributed by atoms with E-state index in [0.29, 0.717) is 12.4 Å². The molecule has 0 saturated carbocycles. The first kappa shape index (κ1) is 19.5. The second-order valence-electron chi connectivity index (χ2n) is 6.79. The van der Waals surface area contributed by atoms with Crippen molar-refractivity contribution in [2.75, 3.05) is 11.9 Å². The molecule has 0 aliphatic rings. The number of rotatable bonds is 7. The quantitative estimate of drug-likeness (QED) is 0.582. The number of carbonyl (C=O) groups is 1. The van der Waals surface area contributed by atoms with Crippen LogP contribution in [-0.2, 0) is 6.42 Å². The molecule has 8 nitrogen and oxygen atoms in total. The molecule has 3 N–H and O–H groups in total. The Labute approximate surface area is 164 Å². The van der Waals surface area contributed by atoms with Gasteiger partial charge in [-0.1, -0.05) is 6.07 Å². The summed E-state index contributed by atoms with van der Waals surface area (Å²) in [6, 6.07) is 5.50. The lowest BCUT2D eigenvalue weighted by Crippen LogP contribution is -2.29. The van der Waals surface area contributed by atoms with E-state index >= 15 is 0 Å². The molecule has 3 rings (SSSR count). The molecule has 146 valence electrons. The number of nitrogens with zero attached hydrogens (tertiary/aromatic N) is 4. The van der Waals surface area contributed by atoms with Gasteiger partial charge >= 0.3 is 0 Å².